The SMILES string of the molecule is CC1=C(C(=O)N2CCOCC2)C(c2ccc(Cl)cc2)NC(=O)N1c1ccc(C(=O)O)cc1. The van der Waals surface area contributed by atoms with Crippen molar-refractivity contribution in [1.29, 1.82) is 0 Å². The molecule has 166 valence electrons. The minimum Gasteiger partial charge on any atom is -0.478 e. The van der Waals surface area contributed by atoms with Crippen molar-refractivity contribution in [2.45, 2.75) is 13.0 Å². The van der Waals surface area contributed by atoms with Crippen LogP contribution < -0.4 is 10.2 Å². The first-order valence-electron chi connectivity index (χ1n) is 10.1. The van der Waals surface area contributed by atoms with Crippen LogP contribution in [-0.4, -0.2) is 54.2 Å². The molecular formula is C23H22ClN3O5. The molecule has 0 saturated carbocycles. The monoisotopic (exact) mass is 455 g/mol. The van der Waals surface area contributed by atoms with E-state index >= 15 is 0 Å². The Morgan fingerprint density at radius 2 is 1.69 bits per heavy atom. The minimum atomic E-state index is -1.06. The molecule has 2 aliphatic heterocycles. The van der Waals surface area contributed by atoms with Gasteiger partial charge in [-0.3, -0.25) is 9.69 Å². The number of aromatic carboxylic acids is 1. The van der Waals surface area contributed by atoms with Gasteiger partial charge in [-0.2, -0.15) is 0 Å². The first-order chi connectivity index (χ1) is 15.4. The molecule has 1 atom stereocenters. The van der Waals surface area contributed by atoms with Crippen LogP contribution >= 0.6 is 11.6 Å². The molecule has 2 heterocycles. The number of nitrogens with one attached hydrogen (secondary N) is 1. The lowest BCUT2D eigenvalue weighted by Crippen LogP contribution is -2.51. The molecule has 1 saturated heterocycles. The van der Waals surface area contributed by atoms with Crippen molar-refractivity contribution in [3.63, 3.8) is 0 Å². The largest absolute Gasteiger partial charge is 0.478 e. The predicted octanol–water partition coefficient (Wildman–Crippen LogP) is 3.44. The molecule has 0 radical (unpaired) electrons. The lowest BCUT2D eigenvalue weighted by atomic mass is 9.93. The molecule has 9 heteroatoms. The number of carboxylic acid groups (broad SMARTS) is 1. The zero-order valence-electron chi connectivity index (χ0n) is 17.4. The van der Waals surface area contributed by atoms with E-state index in [1.807, 2.05) is 0 Å². The second kappa shape index (κ2) is 9.02. The molecule has 8 nitrogen and oxygen atoms in total. The first-order valence-corrected chi connectivity index (χ1v) is 10.5. The quantitative estimate of drug-likeness (QED) is 0.735. The predicted molar refractivity (Wildman–Crippen MR) is 119 cm³/mol. The Kier molecular flexibility index (Phi) is 6.16. The van der Waals surface area contributed by atoms with E-state index in [0.717, 1.165) is 5.56 Å². The number of carboxylic acids is 1. The van der Waals surface area contributed by atoms with Gasteiger partial charge in [-0.1, -0.05) is 23.7 Å². The summed E-state index contributed by atoms with van der Waals surface area (Å²) in [6.07, 6.45) is 0. The molecule has 0 spiro atoms. The van der Waals surface area contributed by atoms with Crippen LogP contribution in [0.25, 0.3) is 0 Å². The van der Waals surface area contributed by atoms with Crippen molar-refractivity contribution in [1.82, 2.24) is 10.2 Å². The number of amides is 3. The Bertz CT molecular complexity index is 1080. The maximum atomic E-state index is 13.6. The second-order valence-corrected chi connectivity index (χ2v) is 7.96. The zero-order valence-corrected chi connectivity index (χ0v) is 18.1. The Balaban J connectivity index is 1.79. The molecule has 32 heavy (non-hydrogen) atoms. The summed E-state index contributed by atoms with van der Waals surface area (Å²) < 4.78 is 5.37. The number of urea groups is 1. The van der Waals surface area contributed by atoms with Crippen LogP contribution in [0.4, 0.5) is 10.5 Å². The smallest absolute Gasteiger partial charge is 0.335 e. The summed E-state index contributed by atoms with van der Waals surface area (Å²) in [5, 5.41) is 12.6. The van der Waals surface area contributed by atoms with E-state index in [9.17, 15) is 14.4 Å². The standard InChI is InChI=1S/C23H22ClN3O5/c1-14-19(21(28)26-10-12-32-13-11-26)20(15-2-6-17(24)7-3-15)25-23(31)27(14)18-8-4-16(5-9-18)22(29)30/h2-9,20H,10-13H2,1H3,(H,25,31)(H,29,30). The first kappa shape index (κ1) is 21.9. The average molecular weight is 456 g/mol. The molecule has 2 aromatic carbocycles. The van der Waals surface area contributed by atoms with Crippen molar-refractivity contribution in [3.8, 4) is 0 Å². The molecule has 1 unspecified atom stereocenters. The normalized spacial score (nSPS) is 19.1. The highest BCUT2D eigenvalue weighted by atomic mass is 35.5. The van der Waals surface area contributed by atoms with Gasteiger partial charge in [0.25, 0.3) is 5.91 Å². The maximum absolute atomic E-state index is 13.6. The summed E-state index contributed by atoms with van der Waals surface area (Å²) in [6, 6.07) is 11.9. The topological polar surface area (TPSA) is 99.2 Å². The van der Waals surface area contributed by atoms with Crippen molar-refractivity contribution in [3.05, 3.63) is 76.0 Å². The number of halogens is 1. The number of hydrogen-bond acceptors (Lipinski definition) is 4. The van der Waals surface area contributed by atoms with Gasteiger partial charge in [0.05, 0.1) is 36.1 Å². The minimum absolute atomic E-state index is 0.108. The number of morpholine rings is 1. The zero-order chi connectivity index (χ0) is 22.8. The van der Waals surface area contributed by atoms with Crippen molar-refractivity contribution in [2.75, 3.05) is 31.2 Å². The van der Waals surface area contributed by atoms with Crippen molar-refractivity contribution < 1.29 is 24.2 Å². The lowest BCUT2D eigenvalue weighted by molar-refractivity contribution is -0.131. The fourth-order valence-corrected chi connectivity index (χ4v) is 4.05. The van der Waals surface area contributed by atoms with E-state index in [4.69, 9.17) is 21.4 Å². The summed E-state index contributed by atoms with van der Waals surface area (Å²) in [6.45, 7) is 3.56. The summed E-state index contributed by atoms with van der Waals surface area (Å²) in [5.41, 5.74) is 2.23. The van der Waals surface area contributed by atoms with Crippen molar-refractivity contribution in [2.24, 2.45) is 0 Å². The lowest BCUT2D eigenvalue weighted by Gasteiger charge is -2.38. The highest BCUT2D eigenvalue weighted by molar-refractivity contribution is 6.30. The Hall–Kier alpha value is -3.36. The van der Waals surface area contributed by atoms with Crippen LogP contribution in [0.1, 0.15) is 28.9 Å². The van der Waals surface area contributed by atoms with E-state index in [1.54, 1.807) is 48.2 Å². The molecular weight excluding hydrogens is 434 g/mol. The number of rotatable bonds is 4. The number of carbonyl (C=O) groups excluding carboxylic acids is 2. The molecule has 2 aromatic rings. The second-order valence-electron chi connectivity index (χ2n) is 7.53. The average Bonchev–Trinajstić information content (AvgIpc) is 2.80. The molecule has 1 fully saturated rings. The van der Waals surface area contributed by atoms with Gasteiger partial charge in [-0.25, -0.2) is 9.59 Å². The van der Waals surface area contributed by atoms with Crippen LogP contribution in [0.2, 0.25) is 5.02 Å². The summed E-state index contributed by atoms with van der Waals surface area (Å²) in [7, 11) is 0. The van der Waals surface area contributed by atoms with E-state index < -0.39 is 18.0 Å². The highest BCUT2D eigenvalue weighted by Crippen LogP contribution is 2.35. The molecule has 2 aliphatic rings. The van der Waals surface area contributed by atoms with Gasteiger partial charge in [-0.05, 0) is 48.9 Å². The number of allylic oxidation sites excluding steroid dienone is 1. The number of anilines is 1. The van der Waals surface area contributed by atoms with Crippen LogP contribution in [0.15, 0.2) is 59.8 Å². The molecule has 3 amide bonds. The number of benzene rings is 2. The summed E-state index contributed by atoms with van der Waals surface area (Å²) in [5.74, 6) is -1.24. The van der Waals surface area contributed by atoms with Crippen LogP contribution in [0.3, 0.4) is 0 Å². The van der Waals surface area contributed by atoms with Crippen LogP contribution in [-0.2, 0) is 9.53 Å². The molecule has 4 rings (SSSR count). The molecule has 0 bridgehead atoms. The fourth-order valence-electron chi connectivity index (χ4n) is 3.93. The van der Waals surface area contributed by atoms with Gasteiger partial charge in [0.2, 0.25) is 0 Å². The Labute approximate surface area is 190 Å². The van der Waals surface area contributed by atoms with E-state index in [1.165, 1.54) is 17.0 Å². The fraction of sp³-hybridized carbons (Fsp3) is 0.261. The van der Waals surface area contributed by atoms with Gasteiger partial charge in [0, 0.05) is 23.8 Å². The Morgan fingerprint density at radius 1 is 1.06 bits per heavy atom. The van der Waals surface area contributed by atoms with Gasteiger partial charge in [0.1, 0.15) is 0 Å². The molecule has 2 N–H and O–H groups in total. The van der Waals surface area contributed by atoms with Gasteiger partial charge >= 0.3 is 12.0 Å². The summed E-state index contributed by atoms with van der Waals surface area (Å²) >= 11 is 6.03. The van der Waals surface area contributed by atoms with Gasteiger partial charge in [-0.15, -0.1) is 0 Å². The number of carbonyl (C=O) groups is 3. The van der Waals surface area contributed by atoms with E-state index in [-0.39, 0.29) is 11.5 Å². The van der Waals surface area contributed by atoms with Crippen molar-refractivity contribution >= 4 is 35.2 Å². The Morgan fingerprint density at radius 3 is 2.28 bits per heavy atom. The third-order valence-corrected chi connectivity index (χ3v) is 5.84. The van der Waals surface area contributed by atoms with Crippen LogP contribution in [0.5, 0.6) is 0 Å². The summed E-state index contributed by atoms with van der Waals surface area (Å²) in [4.78, 5) is 41.0. The van der Waals surface area contributed by atoms with Crippen LogP contribution in [0, 0.1) is 0 Å². The molecule has 0 aliphatic carbocycles. The van der Waals surface area contributed by atoms with Gasteiger partial charge in [0.15, 0.2) is 0 Å². The third kappa shape index (κ3) is 4.19. The van der Waals surface area contributed by atoms with E-state index in [0.29, 0.717) is 48.3 Å². The van der Waals surface area contributed by atoms with Gasteiger partial charge < -0.3 is 20.1 Å². The van der Waals surface area contributed by atoms with E-state index in [2.05, 4.69) is 5.32 Å². The number of ether oxygens (including phenoxy) is 1. The third-order valence-electron chi connectivity index (χ3n) is 5.59. The molecule has 0 aromatic heterocycles. The number of nitrogens with zero attached hydrogens (tertiary/aromatic N) is 2. The maximum Gasteiger partial charge on any atom is 0.335 e. The number of hydrogen-bond donors (Lipinski definition) is 2. The highest BCUT2D eigenvalue weighted by Gasteiger charge is 2.38.